The van der Waals surface area contributed by atoms with Crippen LogP contribution in [-0.4, -0.2) is 55.6 Å². The zero-order valence-electron chi connectivity index (χ0n) is 13.0. The molecule has 3 rings (SSSR count). The van der Waals surface area contributed by atoms with E-state index in [0.29, 0.717) is 6.04 Å². The molecule has 1 aromatic carbocycles. The Morgan fingerprint density at radius 2 is 2.00 bits per heavy atom. The Morgan fingerprint density at radius 3 is 2.81 bits per heavy atom. The van der Waals surface area contributed by atoms with E-state index in [0.717, 1.165) is 13.1 Å². The standard InChI is InChI=1S/C17H25N3S/c1-14(13-20-8-6-19(2)7-9-20)18-12-15-3-4-17-16(11-15)5-10-21-17/h3-5,10-11,14,18H,6-9,12-13H2,1-2H3/t14-/m0/s1. The summed E-state index contributed by atoms with van der Waals surface area (Å²) in [6.07, 6.45) is 0. The summed E-state index contributed by atoms with van der Waals surface area (Å²) in [5, 5.41) is 7.19. The maximum absolute atomic E-state index is 3.66. The lowest BCUT2D eigenvalue weighted by molar-refractivity contribution is 0.144. The third-order valence-electron chi connectivity index (χ3n) is 4.30. The van der Waals surface area contributed by atoms with Crippen LogP contribution in [0.25, 0.3) is 10.1 Å². The molecule has 0 bridgehead atoms. The van der Waals surface area contributed by atoms with Crippen molar-refractivity contribution in [2.75, 3.05) is 39.8 Å². The number of piperazine rings is 1. The number of hydrogen-bond acceptors (Lipinski definition) is 4. The Labute approximate surface area is 131 Å². The molecule has 1 aliphatic rings. The summed E-state index contributed by atoms with van der Waals surface area (Å²) in [7, 11) is 2.21. The normalized spacial score (nSPS) is 19.1. The minimum Gasteiger partial charge on any atom is -0.309 e. The van der Waals surface area contributed by atoms with Crippen molar-refractivity contribution in [2.24, 2.45) is 0 Å². The molecule has 1 N–H and O–H groups in total. The fourth-order valence-corrected chi connectivity index (χ4v) is 3.67. The van der Waals surface area contributed by atoms with Gasteiger partial charge >= 0.3 is 0 Å². The van der Waals surface area contributed by atoms with E-state index in [1.807, 2.05) is 11.3 Å². The molecule has 4 heteroatoms. The van der Waals surface area contributed by atoms with Crippen LogP contribution in [0.3, 0.4) is 0 Å². The first-order chi connectivity index (χ1) is 10.2. The molecule has 21 heavy (non-hydrogen) atoms. The fourth-order valence-electron chi connectivity index (χ4n) is 2.90. The third kappa shape index (κ3) is 4.04. The van der Waals surface area contributed by atoms with Gasteiger partial charge in [-0.15, -0.1) is 11.3 Å². The molecule has 0 radical (unpaired) electrons. The number of hydrogen-bond donors (Lipinski definition) is 1. The highest BCUT2D eigenvalue weighted by atomic mass is 32.1. The minimum absolute atomic E-state index is 0.534. The van der Waals surface area contributed by atoms with E-state index < -0.39 is 0 Å². The summed E-state index contributed by atoms with van der Waals surface area (Å²) >= 11 is 1.81. The van der Waals surface area contributed by atoms with Gasteiger partial charge in [0.05, 0.1) is 0 Å². The van der Waals surface area contributed by atoms with Gasteiger partial charge in [-0.3, -0.25) is 4.90 Å². The average molecular weight is 303 g/mol. The molecule has 3 nitrogen and oxygen atoms in total. The summed E-state index contributed by atoms with van der Waals surface area (Å²) in [5.41, 5.74) is 1.38. The van der Waals surface area contributed by atoms with Crippen LogP contribution in [0.4, 0.5) is 0 Å². The molecule has 114 valence electrons. The van der Waals surface area contributed by atoms with E-state index in [9.17, 15) is 0 Å². The molecule has 2 heterocycles. The van der Waals surface area contributed by atoms with Crippen LogP contribution >= 0.6 is 11.3 Å². The van der Waals surface area contributed by atoms with Crippen molar-refractivity contribution in [3.05, 3.63) is 35.2 Å². The Balaban J connectivity index is 1.47. The molecule has 1 aliphatic heterocycles. The highest BCUT2D eigenvalue weighted by Gasteiger charge is 2.15. The largest absolute Gasteiger partial charge is 0.309 e. The van der Waals surface area contributed by atoms with Crippen LogP contribution in [0.15, 0.2) is 29.6 Å². The van der Waals surface area contributed by atoms with Gasteiger partial charge < -0.3 is 10.2 Å². The van der Waals surface area contributed by atoms with Crippen molar-refractivity contribution in [1.29, 1.82) is 0 Å². The first-order valence-corrected chi connectivity index (χ1v) is 8.69. The molecule has 0 amide bonds. The lowest BCUT2D eigenvalue weighted by Gasteiger charge is -2.34. The quantitative estimate of drug-likeness (QED) is 0.916. The third-order valence-corrected chi connectivity index (χ3v) is 5.20. The van der Waals surface area contributed by atoms with Crippen LogP contribution < -0.4 is 5.32 Å². The zero-order chi connectivity index (χ0) is 14.7. The van der Waals surface area contributed by atoms with Gasteiger partial charge in [0, 0.05) is 50.0 Å². The maximum atomic E-state index is 3.66. The minimum atomic E-state index is 0.534. The first-order valence-electron chi connectivity index (χ1n) is 7.81. The number of thiophene rings is 1. The molecule has 0 unspecified atom stereocenters. The van der Waals surface area contributed by atoms with E-state index in [4.69, 9.17) is 0 Å². The maximum Gasteiger partial charge on any atom is 0.0342 e. The predicted molar refractivity (Wildman–Crippen MR) is 92.1 cm³/mol. The SMILES string of the molecule is C[C@@H](CN1CCN(C)CC1)NCc1ccc2sccc2c1. The van der Waals surface area contributed by atoms with Crippen LogP contribution in [0.2, 0.25) is 0 Å². The first kappa shape index (κ1) is 15.0. The summed E-state index contributed by atoms with van der Waals surface area (Å²) in [6, 6.07) is 9.53. The molecule has 1 aromatic heterocycles. The molecular weight excluding hydrogens is 278 g/mol. The van der Waals surface area contributed by atoms with Gasteiger partial charge in [0.1, 0.15) is 0 Å². The second-order valence-corrected chi connectivity index (χ2v) is 7.13. The summed E-state index contributed by atoms with van der Waals surface area (Å²) in [6.45, 7) is 9.19. The number of likely N-dealkylation sites (N-methyl/N-ethyl adjacent to an activating group) is 1. The number of rotatable bonds is 5. The monoisotopic (exact) mass is 303 g/mol. The zero-order valence-corrected chi connectivity index (χ0v) is 13.8. The van der Waals surface area contributed by atoms with Crippen molar-refractivity contribution in [3.8, 4) is 0 Å². The molecule has 1 atom stereocenters. The Bertz CT molecular complexity index is 572. The second-order valence-electron chi connectivity index (χ2n) is 6.18. The van der Waals surface area contributed by atoms with E-state index in [1.54, 1.807) is 0 Å². The van der Waals surface area contributed by atoms with Gasteiger partial charge in [-0.1, -0.05) is 6.07 Å². The van der Waals surface area contributed by atoms with Crippen LogP contribution in [0.5, 0.6) is 0 Å². The summed E-state index contributed by atoms with van der Waals surface area (Å²) in [5.74, 6) is 0. The van der Waals surface area contributed by atoms with Gasteiger partial charge in [-0.05, 0) is 48.5 Å². The Morgan fingerprint density at radius 1 is 1.19 bits per heavy atom. The van der Waals surface area contributed by atoms with Crippen molar-refractivity contribution in [1.82, 2.24) is 15.1 Å². The topological polar surface area (TPSA) is 18.5 Å². The molecule has 1 fully saturated rings. The van der Waals surface area contributed by atoms with Crippen LogP contribution in [0, 0.1) is 0 Å². The lowest BCUT2D eigenvalue weighted by atomic mass is 10.1. The molecule has 1 saturated heterocycles. The highest BCUT2D eigenvalue weighted by molar-refractivity contribution is 7.17. The molecule has 0 spiro atoms. The van der Waals surface area contributed by atoms with Crippen molar-refractivity contribution >= 4 is 21.4 Å². The smallest absolute Gasteiger partial charge is 0.0342 e. The second kappa shape index (κ2) is 6.88. The van der Waals surface area contributed by atoms with E-state index in [1.165, 1.54) is 41.8 Å². The average Bonchev–Trinajstić information content (AvgIpc) is 2.95. The van der Waals surface area contributed by atoms with Gasteiger partial charge in [0.15, 0.2) is 0 Å². The fraction of sp³-hybridized carbons (Fsp3) is 0.529. The lowest BCUT2D eigenvalue weighted by Crippen LogP contribution is -2.48. The van der Waals surface area contributed by atoms with E-state index >= 15 is 0 Å². The van der Waals surface area contributed by atoms with E-state index in [-0.39, 0.29) is 0 Å². The molecule has 0 saturated carbocycles. The molecule has 0 aliphatic carbocycles. The number of benzene rings is 1. The summed E-state index contributed by atoms with van der Waals surface area (Å²) in [4.78, 5) is 4.98. The van der Waals surface area contributed by atoms with Gasteiger partial charge in [0.2, 0.25) is 0 Å². The predicted octanol–water partition coefficient (Wildman–Crippen LogP) is 2.63. The van der Waals surface area contributed by atoms with Crippen LogP contribution in [-0.2, 0) is 6.54 Å². The number of fused-ring (bicyclic) bond motifs is 1. The Kier molecular flexibility index (Phi) is 4.91. The van der Waals surface area contributed by atoms with Gasteiger partial charge in [0.25, 0.3) is 0 Å². The van der Waals surface area contributed by atoms with E-state index in [2.05, 4.69) is 58.7 Å². The van der Waals surface area contributed by atoms with Crippen LogP contribution in [0.1, 0.15) is 12.5 Å². The van der Waals surface area contributed by atoms with Crippen molar-refractivity contribution < 1.29 is 0 Å². The van der Waals surface area contributed by atoms with Crippen molar-refractivity contribution in [2.45, 2.75) is 19.5 Å². The van der Waals surface area contributed by atoms with Gasteiger partial charge in [-0.2, -0.15) is 0 Å². The highest BCUT2D eigenvalue weighted by Crippen LogP contribution is 2.21. The molecule has 2 aromatic rings. The summed E-state index contributed by atoms with van der Waals surface area (Å²) < 4.78 is 1.38. The number of nitrogens with zero attached hydrogens (tertiary/aromatic N) is 2. The van der Waals surface area contributed by atoms with Gasteiger partial charge in [-0.25, -0.2) is 0 Å². The molecular formula is C17H25N3S. The van der Waals surface area contributed by atoms with Crippen molar-refractivity contribution in [3.63, 3.8) is 0 Å². The number of nitrogens with one attached hydrogen (secondary N) is 1. The Hall–Kier alpha value is -0.940.